The highest BCUT2D eigenvalue weighted by molar-refractivity contribution is 5.78. The first-order valence-electron chi connectivity index (χ1n) is 6.82. The Labute approximate surface area is 126 Å². The summed E-state index contributed by atoms with van der Waals surface area (Å²) in [7, 11) is 0. The first-order chi connectivity index (χ1) is 10.6. The predicted octanol–water partition coefficient (Wildman–Crippen LogP) is 2.92. The van der Waals surface area contributed by atoms with Crippen molar-refractivity contribution in [1.29, 1.82) is 0 Å². The molecule has 0 fully saturated rings. The lowest BCUT2D eigenvalue weighted by Gasteiger charge is -2.11. The second kappa shape index (κ2) is 5.44. The van der Waals surface area contributed by atoms with Crippen molar-refractivity contribution >= 4 is 11.9 Å². The lowest BCUT2D eigenvalue weighted by atomic mass is 10.1. The summed E-state index contributed by atoms with van der Waals surface area (Å²) in [4.78, 5) is 27.9. The number of aldehydes is 1. The third-order valence-electron chi connectivity index (χ3n) is 3.39. The third-order valence-corrected chi connectivity index (χ3v) is 3.39. The fourth-order valence-electron chi connectivity index (χ4n) is 2.28. The number of nitrogens with zero attached hydrogens (tertiary/aromatic N) is 2. The number of hydrogen-bond acceptors (Lipinski definition) is 4. The first-order valence-corrected chi connectivity index (χ1v) is 6.82. The van der Waals surface area contributed by atoms with Crippen molar-refractivity contribution in [2.24, 2.45) is 0 Å². The summed E-state index contributed by atoms with van der Waals surface area (Å²) in [6.07, 6.45) is 2.05. The minimum Gasteiger partial charge on any atom is -0.438 e. The fraction of sp³-hybridized carbons (Fsp3) is 0.118. The molecule has 110 valence electrons. The number of carbonyl (C=O) groups is 1. The van der Waals surface area contributed by atoms with Crippen LogP contribution in [0.25, 0.3) is 5.65 Å². The van der Waals surface area contributed by atoms with Gasteiger partial charge in [0.1, 0.15) is 17.0 Å². The van der Waals surface area contributed by atoms with E-state index in [1.807, 2.05) is 26.0 Å². The Kier molecular flexibility index (Phi) is 3.47. The zero-order valence-corrected chi connectivity index (χ0v) is 12.2. The van der Waals surface area contributed by atoms with Crippen LogP contribution in [-0.2, 0) is 0 Å². The van der Waals surface area contributed by atoms with Crippen LogP contribution in [0.2, 0.25) is 0 Å². The van der Waals surface area contributed by atoms with E-state index in [1.165, 1.54) is 4.40 Å². The molecule has 0 radical (unpaired) electrons. The second-order valence-electron chi connectivity index (χ2n) is 5.05. The van der Waals surface area contributed by atoms with E-state index in [9.17, 15) is 9.59 Å². The number of hydrogen-bond donors (Lipinski definition) is 0. The summed E-state index contributed by atoms with van der Waals surface area (Å²) < 4.78 is 7.04. The van der Waals surface area contributed by atoms with Crippen molar-refractivity contribution in [1.82, 2.24) is 9.38 Å². The van der Waals surface area contributed by atoms with Crippen molar-refractivity contribution < 1.29 is 9.53 Å². The van der Waals surface area contributed by atoms with Gasteiger partial charge in [-0.2, -0.15) is 4.98 Å². The smallest absolute Gasteiger partial charge is 0.272 e. The quantitative estimate of drug-likeness (QED) is 0.697. The van der Waals surface area contributed by atoms with Crippen LogP contribution in [0.3, 0.4) is 0 Å². The average Bonchev–Trinajstić information content (AvgIpc) is 2.50. The molecule has 0 saturated heterocycles. The molecule has 5 nitrogen and oxygen atoms in total. The molecule has 3 rings (SSSR count). The third kappa shape index (κ3) is 2.37. The van der Waals surface area contributed by atoms with Gasteiger partial charge >= 0.3 is 0 Å². The molecular formula is C17H14N2O3. The van der Waals surface area contributed by atoms with Crippen LogP contribution < -0.4 is 10.3 Å². The van der Waals surface area contributed by atoms with E-state index in [4.69, 9.17) is 4.74 Å². The zero-order valence-electron chi connectivity index (χ0n) is 12.2. The Morgan fingerprint density at radius 3 is 2.73 bits per heavy atom. The highest BCUT2D eigenvalue weighted by Gasteiger charge is 2.14. The fourth-order valence-corrected chi connectivity index (χ4v) is 2.28. The number of rotatable bonds is 3. The summed E-state index contributed by atoms with van der Waals surface area (Å²) in [6, 6.07) is 10.8. The van der Waals surface area contributed by atoms with E-state index in [0.717, 1.165) is 11.1 Å². The molecule has 2 aromatic heterocycles. The summed E-state index contributed by atoms with van der Waals surface area (Å²) >= 11 is 0. The molecule has 0 N–H and O–H groups in total. The van der Waals surface area contributed by atoms with Gasteiger partial charge in [-0.15, -0.1) is 0 Å². The summed E-state index contributed by atoms with van der Waals surface area (Å²) in [5, 5.41) is 0. The predicted molar refractivity (Wildman–Crippen MR) is 82.8 cm³/mol. The van der Waals surface area contributed by atoms with Crippen LogP contribution in [0, 0.1) is 13.8 Å². The van der Waals surface area contributed by atoms with Gasteiger partial charge < -0.3 is 4.74 Å². The molecular weight excluding hydrogens is 280 g/mol. The topological polar surface area (TPSA) is 60.7 Å². The van der Waals surface area contributed by atoms with Crippen LogP contribution in [0.1, 0.15) is 21.5 Å². The van der Waals surface area contributed by atoms with Gasteiger partial charge in [-0.1, -0.05) is 23.8 Å². The molecule has 0 spiro atoms. The molecule has 1 aromatic carbocycles. The lowest BCUT2D eigenvalue weighted by molar-refractivity contribution is 0.111. The Balaban J connectivity index is 2.17. The van der Waals surface area contributed by atoms with Gasteiger partial charge in [-0.05, 0) is 37.6 Å². The molecule has 0 atom stereocenters. The van der Waals surface area contributed by atoms with Gasteiger partial charge in [0, 0.05) is 6.20 Å². The van der Waals surface area contributed by atoms with E-state index in [-0.39, 0.29) is 11.4 Å². The number of carbonyl (C=O) groups excluding carboxylic acids is 1. The SMILES string of the molecule is Cc1ccc(Oc2nc3ccccn3c(=O)c2C=O)c(C)c1. The average molecular weight is 294 g/mol. The molecule has 0 bridgehead atoms. The van der Waals surface area contributed by atoms with Crippen LogP contribution >= 0.6 is 0 Å². The van der Waals surface area contributed by atoms with Crippen LogP contribution in [0.5, 0.6) is 11.6 Å². The summed E-state index contributed by atoms with van der Waals surface area (Å²) in [5.41, 5.74) is 1.90. The highest BCUT2D eigenvalue weighted by atomic mass is 16.5. The van der Waals surface area contributed by atoms with Crippen LogP contribution in [-0.4, -0.2) is 15.7 Å². The van der Waals surface area contributed by atoms with Gasteiger partial charge in [-0.25, -0.2) is 0 Å². The van der Waals surface area contributed by atoms with Crippen molar-refractivity contribution in [2.75, 3.05) is 0 Å². The monoisotopic (exact) mass is 294 g/mol. The van der Waals surface area contributed by atoms with Crippen molar-refractivity contribution in [3.05, 3.63) is 69.6 Å². The van der Waals surface area contributed by atoms with Crippen LogP contribution in [0.15, 0.2) is 47.4 Å². The number of aryl methyl sites for hydroxylation is 2. The Morgan fingerprint density at radius 1 is 1.18 bits per heavy atom. The molecule has 2 heterocycles. The van der Waals surface area contributed by atoms with Crippen molar-refractivity contribution in [3.63, 3.8) is 0 Å². The molecule has 0 aliphatic heterocycles. The van der Waals surface area contributed by atoms with E-state index in [1.54, 1.807) is 30.5 Å². The Hall–Kier alpha value is -2.95. The molecule has 5 heteroatoms. The normalized spacial score (nSPS) is 10.6. The van der Waals surface area contributed by atoms with Gasteiger partial charge in [0.2, 0.25) is 5.88 Å². The van der Waals surface area contributed by atoms with Gasteiger partial charge in [-0.3, -0.25) is 14.0 Å². The van der Waals surface area contributed by atoms with Gasteiger partial charge in [0.05, 0.1) is 0 Å². The maximum atomic E-state index is 12.3. The Bertz CT molecular complexity index is 929. The molecule has 0 unspecified atom stereocenters. The molecule has 0 aliphatic rings. The number of benzene rings is 1. The lowest BCUT2D eigenvalue weighted by Crippen LogP contribution is -2.20. The van der Waals surface area contributed by atoms with Gasteiger partial charge in [0.25, 0.3) is 5.56 Å². The van der Waals surface area contributed by atoms with E-state index in [2.05, 4.69) is 4.98 Å². The minimum atomic E-state index is -0.444. The zero-order chi connectivity index (χ0) is 15.7. The molecule has 0 aliphatic carbocycles. The van der Waals surface area contributed by atoms with E-state index >= 15 is 0 Å². The van der Waals surface area contributed by atoms with Gasteiger partial charge in [0.15, 0.2) is 6.29 Å². The van der Waals surface area contributed by atoms with Crippen molar-refractivity contribution in [3.8, 4) is 11.6 Å². The minimum absolute atomic E-state index is 0.0261. The molecule has 3 aromatic rings. The molecule has 22 heavy (non-hydrogen) atoms. The van der Waals surface area contributed by atoms with Crippen molar-refractivity contribution in [2.45, 2.75) is 13.8 Å². The molecule has 0 amide bonds. The highest BCUT2D eigenvalue weighted by Crippen LogP contribution is 2.25. The largest absolute Gasteiger partial charge is 0.438 e. The summed E-state index contributed by atoms with van der Waals surface area (Å²) in [5.74, 6) is 0.596. The number of aromatic nitrogens is 2. The summed E-state index contributed by atoms with van der Waals surface area (Å²) in [6.45, 7) is 3.88. The first kappa shape index (κ1) is 14.0. The van der Waals surface area contributed by atoms with E-state index in [0.29, 0.717) is 17.7 Å². The van der Waals surface area contributed by atoms with E-state index < -0.39 is 5.56 Å². The maximum absolute atomic E-state index is 12.3. The number of ether oxygens (including phenoxy) is 1. The molecule has 0 saturated carbocycles. The Morgan fingerprint density at radius 2 is 2.00 bits per heavy atom. The standard InChI is InChI=1S/C17H14N2O3/c1-11-6-7-14(12(2)9-11)22-16-13(10-20)17(21)19-8-4-3-5-15(19)18-16/h3-10H,1-2H3. The second-order valence-corrected chi connectivity index (χ2v) is 5.05. The number of pyridine rings is 1. The number of fused-ring (bicyclic) bond motifs is 1. The maximum Gasteiger partial charge on any atom is 0.272 e. The van der Waals surface area contributed by atoms with Crippen LogP contribution in [0.4, 0.5) is 0 Å².